The zero-order chi connectivity index (χ0) is 15.4. The number of ether oxygens (including phenoxy) is 1. The molecular formula is C17H17N3O2. The summed E-state index contributed by atoms with van der Waals surface area (Å²) in [5.41, 5.74) is 3.90. The highest BCUT2D eigenvalue weighted by molar-refractivity contribution is 5.79. The molecule has 5 nitrogen and oxygen atoms in total. The van der Waals surface area contributed by atoms with Crippen LogP contribution in [0.5, 0.6) is 5.75 Å². The molecule has 0 aliphatic carbocycles. The summed E-state index contributed by atoms with van der Waals surface area (Å²) in [6.07, 6.45) is 2.02. The number of methoxy groups -OCH3 is 1. The third kappa shape index (κ3) is 3.25. The molecule has 1 aromatic heterocycles. The Hall–Kier alpha value is -2.82. The van der Waals surface area contributed by atoms with Crippen molar-refractivity contribution in [1.82, 2.24) is 15.3 Å². The van der Waals surface area contributed by atoms with Crippen molar-refractivity contribution in [2.24, 2.45) is 0 Å². The molecule has 0 aliphatic rings. The third-order valence-corrected chi connectivity index (χ3v) is 3.50. The average molecular weight is 295 g/mol. The number of nitrogens with zero attached hydrogens (tertiary/aromatic N) is 1. The minimum atomic E-state index is -0.00475. The smallest absolute Gasteiger partial charge is 0.224 e. The number of benzene rings is 2. The molecule has 0 radical (unpaired) electrons. The number of carbonyl (C=O) groups excluding carboxylic acids is 1. The summed E-state index contributed by atoms with van der Waals surface area (Å²) < 4.78 is 5.10. The first-order valence-electron chi connectivity index (χ1n) is 7.06. The van der Waals surface area contributed by atoms with Gasteiger partial charge in [0.15, 0.2) is 0 Å². The number of nitrogens with one attached hydrogen (secondary N) is 2. The Morgan fingerprint density at radius 1 is 1.18 bits per heavy atom. The van der Waals surface area contributed by atoms with E-state index in [1.165, 1.54) is 0 Å². The number of hydrogen-bond donors (Lipinski definition) is 2. The Bertz CT molecular complexity index is 778. The van der Waals surface area contributed by atoms with Gasteiger partial charge in [0, 0.05) is 6.54 Å². The number of aromatic nitrogens is 2. The second-order valence-electron chi connectivity index (χ2n) is 5.06. The normalized spacial score (nSPS) is 10.6. The number of imidazole rings is 1. The highest BCUT2D eigenvalue weighted by atomic mass is 16.5. The van der Waals surface area contributed by atoms with Crippen molar-refractivity contribution in [1.29, 1.82) is 0 Å². The van der Waals surface area contributed by atoms with E-state index in [2.05, 4.69) is 15.3 Å². The summed E-state index contributed by atoms with van der Waals surface area (Å²) in [7, 11) is 1.62. The van der Waals surface area contributed by atoms with Crippen LogP contribution in [0.2, 0.25) is 0 Å². The fraction of sp³-hybridized carbons (Fsp3) is 0.176. The fourth-order valence-corrected chi connectivity index (χ4v) is 2.28. The van der Waals surface area contributed by atoms with Gasteiger partial charge in [-0.25, -0.2) is 4.98 Å². The molecule has 0 atom stereocenters. The van der Waals surface area contributed by atoms with Gasteiger partial charge in [0.05, 0.1) is 30.9 Å². The van der Waals surface area contributed by atoms with Crippen molar-refractivity contribution in [3.8, 4) is 5.75 Å². The highest BCUT2D eigenvalue weighted by Crippen LogP contribution is 2.13. The molecule has 0 aliphatic heterocycles. The standard InChI is InChI=1S/C17H17N3O2/c1-22-14-5-2-12(3-6-14)9-17(21)18-10-13-4-7-15-16(8-13)20-11-19-15/h2-8,11H,9-10H2,1H3,(H,18,21)(H,19,20). The van der Waals surface area contributed by atoms with Gasteiger partial charge in [-0.2, -0.15) is 0 Å². The summed E-state index contributed by atoms with van der Waals surface area (Å²) in [5.74, 6) is 0.784. The van der Waals surface area contributed by atoms with E-state index < -0.39 is 0 Å². The van der Waals surface area contributed by atoms with E-state index in [0.717, 1.165) is 27.9 Å². The van der Waals surface area contributed by atoms with Gasteiger partial charge >= 0.3 is 0 Å². The molecule has 3 rings (SSSR count). The molecule has 0 fully saturated rings. The molecule has 22 heavy (non-hydrogen) atoms. The minimum Gasteiger partial charge on any atom is -0.497 e. The Labute approximate surface area is 128 Å². The second-order valence-corrected chi connectivity index (χ2v) is 5.06. The first-order chi connectivity index (χ1) is 10.7. The van der Waals surface area contributed by atoms with Gasteiger partial charge < -0.3 is 15.0 Å². The maximum absolute atomic E-state index is 12.0. The molecule has 2 aromatic carbocycles. The van der Waals surface area contributed by atoms with Crippen LogP contribution in [0.15, 0.2) is 48.8 Å². The average Bonchev–Trinajstić information content (AvgIpc) is 3.01. The Kier molecular flexibility index (Phi) is 4.05. The SMILES string of the molecule is COc1ccc(CC(=O)NCc2ccc3nc[nH]c3c2)cc1. The maximum atomic E-state index is 12.0. The Balaban J connectivity index is 1.56. The molecule has 112 valence electrons. The molecule has 0 spiro atoms. The largest absolute Gasteiger partial charge is 0.497 e. The molecule has 2 N–H and O–H groups in total. The molecule has 1 heterocycles. The van der Waals surface area contributed by atoms with Crippen molar-refractivity contribution in [3.05, 3.63) is 59.9 Å². The van der Waals surface area contributed by atoms with E-state index in [4.69, 9.17) is 4.74 Å². The van der Waals surface area contributed by atoms with E-state index in [1.807, 2.05) is 42.5 Å². The molecule has 0 bridgehead atoms. The number of amides is 1. The van der Waals surface area contributed by atoms with Crippen LogP contribution in [0, 0.1) is 0 Å². The van der Waals surface area contributed by atoms with Gasteiger partial charge in [-0.1, -0.05) is 18.2 Å². The molecule has 0 saturated heterocycles. The number of rotatable bonds is 5. The van der Waals surface area contributed by atoms with Gasteiger partial charge in [0.2, 0.25) is 5.91 Å². The fourth-order valence-electron chi connectivity index (χ4n) is 2.28. The molecule has 0 unspecified atom stereocenters. The van der Waals surface area contributed by atoms with Gasteiger partial charge in [-0.05, 0) is 35.4 Å². The number of fused-ring (bicyclic) bond motifs is 1. The van der Waals surface area contributed by atoms with E-state index in [1.54, 1.807) is 13.4 Å². The van der Waals surface area contributed by atoms with Crippen molar-refractivity contribution in [2.45, 2.75) is 13.0 Å². The molecule has 1 amide bonds. The topological polar surface area (TPSA) is 67.0 Å². The van der Waals surface area contributed by atoms with E-state index >= 15 is 0 Å². The predicted octanol–water partition coefficient (Wildman–Crippen LogP) is 2.43. The summed E-state index contributed by atoms with van der Waals surface area (Å²) in [6.45, 7) is 0.504. The van der Waals surface area contributed by atoms with Crippen molar-refractivity contribution in [2.75, 3.05) is 7.11 Å². The van der Waals surface area contributed by atoms with Crippen molar-refractivity contribution in [3.63, 3.8) is 0 Å². The van der Waals surface area contributed by atoms with E-state index in [9.17, 15) is 4.79 Å². The lowest BCUT2D eigenvalue weighted by molar-refractivity contribution is -0.120. The van der Waals surface area contributed by atoms with E-state index in [-0.39, 0.29) is 5.91 Å². The van der Waals surface area contributed by atoms with Gasteiger partial charge in [0.25, 0.3) is 0 Å². The Morgan fingerprint density at radius 3 is 2.73 bits per heavy atom. The minimum absolute atomic E-state index is 0.00475. The van der Waals surface area contributed by atoms with Gasteiger partial charge in [0.1, 0.15) is 5.75 Å². The lowest BCUT2D eigenvalue weighted by Crippen LogP contribution is -2.24. The summed E-state index contributed by atoms with van der Waals surface area (Å²) in [4.78, 5) is 19.2. The number of carbonyl (C=O) groups is 1. The van der Waals surface area contributed by atoms with Crippen molar-refractivity contribution < 1.29 is 9.53 Å². The number of aromatic amines is 1. The van der Waals surface area contributed by atoms with Crippen LogP contribution in [-0.2, 0) is 17.8 Å². The summed E-state index contributed by atoms with van der Waals surface area (Å²) >= 11 is 0. The lowest BCUT2D eigenvalue weighted by atomic mass is 10.1. The third-order valence-electron chi connectivity index (χ3n) is 3.50. The van der Waals surface area contributed by atoms with Crippen LogP contribution >= 0.6 is 0 Å². The number of H-pyrrole nitrogens is 1. The zero-order valence-corrected chi connectivity index (χ0v) is 12.3. The van der Waals surface area contributed by atoms with Crippen molar-refractivity contribution >= 4 is 16.9 Å². The zero-order valence-electron chi connectivity index (χ0n) is 12.3. The van der Waals surface area contributed by atoms with Crippen LogP contribution in [0.4, 0.5) is 0 Å². The Morgan fingerprint density at radius 2 is 1.95 bits per heavy atom. The monoisotopic (exact) mass is 295 g/mol. The lowest BCUT2D eigenvalue weighted by Gasteiger charge is -2.06. The molecule has 0 saturated carbocycles. The van der Waals surface area contributed by atoms with Crippen LogP contribution < -0.4 is 10.1 Å². The molecule has 3 aromatic rings. The first kappa shape index (κ1) is 14.1. The number of hydrogen-bond acceptors (Lipinski definition) is 3. The van der Waals surface area contributed by atoms with Crippen LogP contribution in [0.3, 0.4) is 0 Å². The highest BCUT2D eigenvalue weighted by Gasteiger charge is 2.05. The second kappa shape index (κ2) is 6.30. The first-order valence-corrected chi connectivity index (χ1v) is 7.06. The van der Waals surface area contributed by atoms with Crippen LogP contribution in [0.1, 0.15) is 11.1 Å². The van der Waals surface area contributed by atoms with Crippen LogP contribution in [-0.4, -0.2) is 23.0 Å². The maximum Gasteiger partial charge on any atom is 0.224 e. The van der Waals surface area contributed by atoms with Gasteiger partial charge in [-0.15, -0.1) is 0 Å². The quantitative estimate of drug-likeness (QED) is 0.759. The van der Waals surface area contributed by atoms with E-state index in [0.29, 0.717) is 13.0 Å². The predicted molar refractivity (Wildman–Crippen MR) is 84.6 cm³/mol. The summed E-state index contributed by atoms with van der Waals surface area (Å²) in [6, 6.07) is 13.4. The molecular weight excluding hydrogens is 278 g/mol. The van der Waals surface area contributed by atoms with Crippen LogP contribution in [0.25, 0.3) is 11.0 Å². The molecule has 5 heteroatoms. The van der Waals surface area contributed by atoms with Gasteiger partial charge in [-0.3, -0.25) is 4.79 Å². The summed E-state index contributed by atoms with van der Waals surface area (Å²) in [5, 5.41) is 2.93.